The van der Waals surface area contributed by atoms with E-state index in [-0.39, 0.29) is 0 Å². The fourth-order valence-electron chi connectivity index (χ4n) is 2.41. The lowest BCUT2D eigenvalue weighted by Gasteiger charge is -2.36. The Morgan fingerprint density at radius 2 is 1.60 bits per heavy atom. The van der Waals surface area contributed by atoms with E-state index in [1.165, 1.54) is 10.7 Å². The van der Waals surface area contributed by atoms with E-state index >= 15 is 0 Å². The number of carbonyl (C=O) groups is 1. The maximum Gasteiger partial charge on any atom is 0.160 e. The molecule has 20 heavy (non-hydrogen) atoms. The standard InChI is InChI=1S/C15H15BrN2OS/c16-12-1-3-13(4-2-12)17-7-9-18(10-8-17)15-6-5-14(11-19)20-15/h1-6,11H,7-10H2. The third-order valence-corrected chi connectivity index (χ3v) is 5.11. The second-order valence-electron chi connectivity index (χ2n) is 4.74. The van der Waals surface area contributed by atoms with Crippen molar-refractivity contribution in [2.75, 3.05) is 36.0 Å². The van der Waals surface area contributed by atoms with Gasteiger partial charge in [0.25, 0.3) is 0 Å². The van der Waals surface area contributed by atoms with E-state index in [1.54, 1.807) is 11.3 Å². The smallest absolute Gasteiger partial charge is 0.160 e. The van der Waals surface area contributed by atoms with Crippen LogP contribution in [0.1, 0.15) is 9.67 Å². The van der Waals surface area contributed by atoms with Gasteiger partial charge in [0, 0.05) is 36.3 Å². The molecule has 0 N–H and O–H groups in total. The van der Waals surface area contributed by atoms with Crippen molar-refractivity contribution in [1.82, 2.24) is 0 Å². The molecule has 104 valence electrons. The van der Waals surface area contributed by atoms with Gasteiger partial charge in [-0.15, -0.1) is 11.3 Å². The molecule has 1 fully saturated rings. The van der Waals surface area contributed by atoms with Crippen molar-refractivity contribution in [1.29, 1.82) is 0 Å². The van der Waals surface area contributed by atoms with Crippen LogP contribution in [0.5, 0.6) is 0 Å². The lowest BCUT2D eigenvalue weighted by Crippen LogP contribution is -2.46. The first-order valence-corrected chi connectivity index (χ1v) is 8.18. The van der Waals surface area contributed by atoms with Crippen LogP contribution in [-0.4, -0.2) is 32.5 Å². The van der Waals surface area contributed by atoms with Crippen molar-refractivity contribution < 1.29 is 4.79 Å². The van der Waals surface area contributed by atoms with Gasteiger partial charge in [0.15, 0.2) is 6.29 Å². The Bertz CT molecular complexity index is 588. The van der Waals surface area contributed by atoms with Crippen LogP contribution in [0.4, 0.5) is 10.7 Å². The highest BCUT2D eigenvalue weighted by Gasteiger charge is 2.18. The summed E-state index contributed by atoms with van der Waals surface area (Å²) in [5, 5.41) is 1.20. The monoisotopic (exact) mass is 350 g/mol. The van der Waals surface area contributed by atoms with Crippen molar-refractivity contribution in [2.24, 2.45) is 0 Å². The van der Waals surface area contributed by atoms with Crippen molar-refractivity contribution in [3.05, 3.63) is 45.7 Å². The molecule has 5 heteroatoms. The van der Waals surface area contributed by atoms with Gasteiger partial charge in [0.05, 0.1) is 9.88 Å². The highest BCUT2D eigenvalue weighted by atomic mass is 79.9. The van der Waals surface area contributed by atoms with Crippen LogP contribution in [0.25, 0.3) is 0 Å². The summed E-state index contributed by atoms with van der Waals surface area (Å²) in [5.41, 5.74) is 1.27. The van der Waals surface area contributed by atoms with Crippen LogP contribution < -0.4 is 9.80 Å². The number of anilines is 2. The number of benzene rings is 1. The number of halogens is 1. The largest absolute Gasteiger partial charge is 0.368 e. The molecule has 1 aromatic heterocycles. The van der Waals surface area contributed by atoms with E-state index < -0.39 is 0 Å². The summed E-state index contributed by atoms with van der Waals surface area (Å²) in [5.74, 6) is 0. The maximum absolute atomic E-state index is 10.7. The number of carbonyl (C=O) groups excluding carboxylic acids is 1. The van der Waals surface area contributed by atoms with E-state index in [1.807, 2.05) is 12.1 Å². The first kappa shape index (κ1) is 13.6. The summed E-state index contributed by atoms with van der Waals surface area (Å²) in [6.45, 7) is 4.01. The summed E-state index contributed by atoms with van der Waals surface area (Å²) in [7, 11) is 0. The lowest BCUT2D eigenvalue weighted by atomic mass is 10.2. The first-order valence-electron chi connectivity index (χ1n) is 6.57. The van der Waals surface area contributed by atoms with E-state index in [2.05, 4.69) is 50.0 Å². The SMILES string of the molecule is O=Cc1ccc(N2CCN(c3ccc(Br)cc3)CC2)s1. The summed E-state index contributed by atoms with van der Waals surface area (Å²) in [4.78, 5) is 16.3. The Morgan fingerprint density at radius 3 is 2.20 bits per heavy atom. The molecule has 2 heterocycles. The molecule has 3 rings (SSSR count). The average Bonchev–Trinajstić information content (AvgIpc) is 2.97. The Balaban J connectivity index is 1.64. The number of hydrogen-bond acceptors (Lipinski definition) is 4. The predicted molar refractivity (Wildman–Crippen MR) is 88.3 cm³/mol. The zero-order chi connectivity index (χ0) is 13.9. The van der Waals surface area contributed by atoms with Crippen LogP contribution in [0.3, 0.4) is 0 Å². The third kappa shape index (κ3) is 2.88. The number of thiophene rings is 1. The fourth-order valence-corrected chi connectivity index (χ4v) is 3.55. The van der Waals surface area contributed by atoms with Crippen LogP contribution >= 0.6 is 27.3 Å². The van der Waals surface area contributed by atoms with Gasteiger partial charge in [-0.3, -0.25) is 4.79 Å². The number of piperazine rings is 1. The molecule has 0 atom stereocenters. The average molecular weight is 351 g/mol. The normalized spacial score (nSPS) is 15.4. The molecule has 3 nitrogen and oxygen atoms in total. The van der Waals surface area contributed by atoms with Crippen molar-refractivity contribution in [2.45, 2.75) is 0 Å². The van der Waals surface area contributed by atoms with Crippen molar-refractivity contribution in [3.8, 4) is 0 Å². The van der Waals surface area contributed by atoms with Gasteiger partial charge >= 0.3 is 0 Å². The fraction of sp³-hybridized carbons (Fsp3) is 0.267. The van der Waals surface area contributed by atoms with E-state index in [9.17, 15) is 4.79 Å². The highest BCUT2D eigenvalue weighted by molar-refractivity contribution is 9.10. The van der Waals surface area contributed by atoms with E-state index in [4.69, 9.17) is 0 Å². The number of rotatable bonds is 3. The quantitative estimate of drug-likeness (QED) is 0.789. The second kappa shape index (κ2) is 5.97. The Morgan fingerprint density at radius 1 is 0.950 bits per heavy atom. The minimum Gasteiger partial charge on any atom is -0.368 e. The van der Waals surface area contributed by atoms with Gasteiger partial charge in [0.2, 0.25) is 0 Å². The highest BCUT2D eigenvalue weighted by Crippen LogP contribution is 2.27. The Hall–Kier alpha value is -1.33. The Kier molecular flexibility index (Phi) is 4.08. The van der Waals surface area contributed by atoms with Gasteiger partial charge in [-0.25, -0.2) is 0 Å². The molecular weight excluding hydrogens is 336 g/mol. The molecule has 1 aliphatic heterocycles. The lowest BCUT2D eigenvalue weighted by molar-refractivity contribution is 0.112. The first-order chi connectivity index (χ1) is 9.76. The van der Waals surface area contributed by atoms with Gasteiger partial charge < -0.3 is 9.80 Å². The summed E-state index contributed by atoms with van der Waals surface area (Å²) in [6.07, 6.45) is 0.923. The van der Waals surface area contributed by atoms with Gasteiger partial charge in [0.1, 0.15) is 0 Å². The molecule has 0 amide bonds. The molecule has 0 spiro atoms. The van der Waals surface area contributed by atoms with E-state index in [0.717, 1.165) is 41.8 Å². The molecule has 0 radical (unpaired) electrons. The Labute approximate surface area is 130 Å². The molecule has 2 aromatic rings. The van der Waals surface area contributed by atoms with Crippen molar-refractivity contribution in [3.63, 3.8) is 0 Å². The van der Waals surface area contributed by atoms with Crippen LogP contribution in [0, 0.1) is 0 Å². The second-order valence-corrected chi connectivity index (χ2v) is 6.75. The number of aldehydes is 1. The maximum atomic E-state index is 10.7. The molecule has 0 bridgehead atoms. The van der Waals surface area contributed by atoms with Crippen LogP contribution in [0.15, 0.2) is 40.9 Å². The molecule has 1 aliphatic rings. The summed E-state index contributed by atoms with van der Waals surface area (Å²) >= 11 is 5.04. The molecule has 0 saturated carbocycles. The van der Waals surface area contributed by atoms with Crippen LogP contribution in [-0.2, 0) is 0 Å². The minimum absolute atomic E-state index is 0.801. The molecule has 1 saturated heterocycles. The molecule has 1 aromatic carbocycles. The zero-order valence-corrected chi connectivity index (χ0v) is 13.4. The molecular formula is C15H15BrN2OS. The third-order valence-electron chi connectivity index (χ3n) is 3.51. The summed E-state index contributed by atoms with van der Waals surface area (Å²) < 4.78 is 1.11. The van der Waals surface area contributed by atoms with Gasteiger partial charge in [-0.2, -0.15) is 0 Å². The minimum atomic E-state index is 0.801. The van der Waals surface area contributed by atoms with E-state index in [0.29, 0.717) is 0 Å². The number of nitrogens with zero attached hydrogens (tertiary/aromatic N) is 2. The predicted octanol–water partition coefficient (Wildman–Crippen LogP) is 3.65. The van der Waals surface area contributed by atoms with Gasteiger partial charge in [-0.05, 0) is 36.4 Å². The number of hydrogen-bond donors (Lipinski definition) is 0. The molecule has 0 aliphatic carbocycles. The van der Waals surface area contributed by atoms with Crippen LogP contribution in [0.2, 0.25) is 0 Å². The zero-order valence-electron chi connectivity index (χ0n) is 11.0. The topological polar surface area (TPSA) is 23.6 Å². The van der Waals surface area contributed by atoms with Gasteiger partial charge in [-0.1, -0.05) is 15.9 Å². The van der Waals surface area contributed by atoms with Crippen molar-refractivity contribution >= 4 is 44.2 Å². The summed E-state index contributed by atoms with van der Waals surface area (Å²) in [6, 6.07) is 12.4. The molecule has 0 unspecified atom stereocenters.